The fraction of sp³-hybridized carbons (Fsp3) is 0.267. The number of benzene rings is 3. The molecule has 1 saturated heterocycles. The maximum absolute atomic E-state index is 13.4. The molecule has 0 aliphatic carbocycles. The van der Waals surface area contributed by atoms with Crippen LogP contribution >= 0.6 is 10.8 Å². The Kier molecular flexibility index (Phi) is 10.4. The molecule has 2 amide bonds. The van der Waals surface area contributed by atoms with Crippen LogP contribution in [0, 0.1) is 0 Å². The zero-order valence-corrected chi connectivity index (χ0v) is 24.4. The Bertz CT molecular complexity index is 1450. The minimum atomic E-state index is -3.56. The normalized spacial score (nSPS) is 16.4. The van der Waals surface area contributed by atoms with Gasteiger partial charge in [0.05, 0.1) is 12.5 Å². The lowest BCUT2D eigenvalue weighted by atomic mass is 9.93. The maximum Gasteiger partial charge on any atom is 0.341 e. The largest absolute Gasteiger partial charge is 0.459 e. The summed E-state index contributed by atoms with van der Waals surface area (Å²) in [6.07, 6.45) is 0.990. The van der Waals surface area contributed by atoms with Gasteiger partial charge in [0.1, 0.15) is 19.3 Å². The molecule has 1 fully saturated rings. The summed E-state index contributed by atoms with van der Waals surface area (Å²) in [4.78, 5) is 53.8. The minimum absolute atomic E-state index is 0.0157. The molecule has 1 N–H and O–H groups in total. The predicted molar refractivity (Wildman–Crippen MR) is 156 cm³/mol. The SMILES string of the molecule is CS(=O)(=O)SC[C@@H]1[C@H](NC(=O)Cc2ccccc2)C(=O)N1C(C(=O)OCc1ccccc1)C(=O)OCc1ccccc1. The van der Waals surface area contributed by atoms with Gasteiger partial charge in [0, 0.05) is 12.0 Å². The number of hydrogen-bond acceptors (Lipinski definition) is 9. The summed E-state index contributed by atoms with van der Waals surface area (Å²) in [5.41, 5.74) is 2.03. The molecule has 10 nitrogen and oxygen atoms in total. The highest BCUT2D eigenvalue weighted by atomic mass is 33.1. The molecule has 12 heteroatoms. The molecule has 3 aromatic rings. The molecule has 1 aliphatic rings. The van der Waals surface area contributed by atoms with Crippen LogP contribution < -0.4 is 5.32 Å². The highest BCUT2D eigenvalue weighted by molar-refractivity contribution is 8.71. The minimum Gasteiger partial charge on any atom is -0.459 e. The molecule has 0 unspecified atom stereocenters. The van der Waals surface area contributed by atoms with Gasteiger partial charge in [-0.25, -0.2) is 18.0 Å². The molecule has 4 rings (SSSR count). The summed E-state index contributed by atoms with van der Waals surface area (Å²) in [6, 6.07) is 22.5. The fourth-order valence-corrected chi connectivity index (χ4v) is 6.26. The number of ether oxygens (including phenoxy) is 2. The lowest BCUT2D eigenvalue weighted by Crippen LogP contribution is -2.76. The van der Waals surface area contributed by atoms with Gasteiger partial charge in [0.15, 0.2) is 8.87 Å². The van der Waals surface area contributed by atoms with Crippen LogP contribution in [0.5, 0.6) is 0 Å². The molecule has 0 bridgehead atoms. The van der Waals surface area contributed by atoms with Crippen LogP contribution in [-0.4, -0.2) is 67.2 Å². The number of esters is 2. The van der Waals surface area contributed by atoms with Crippen molar-refractivity contribution in [2.75, 3.05) is 12.0 Å². The van der Waals surface area contributed by atoms with E-state index in [0.717, 1.165) is 11.2 Å². The van der Waals surface area contributed by atoms with Crippen LogP contribution in [0.3, 0.4) is 0 Å². The first-order valence-electron chi connectivity index (χ1n) is 13.0. The summed E-state index contributed by atoms with van der Waals surface area (Å²) < 4.78 is 34.8. The molecular formula is C30H30N2O8S2. The van der Waals surface area contributed by atoms with E-state index in [1.54, 1.807) is 91.0 Å². The van der Waals surface area contributed by atoms with Crippen LogP contribution in [0.15, 0.2) is 91.0 Å². The Hall–Kier alpha value is -4.16. The summed E-state index contributed by atoms with van der Waals surface area (Å²) in [5, 5.41) is 2.64. The van der Waals surface area contributed by atoms with Crippen molar-refractivity contribution in [3.63, 3.8) is 0 Å². The third kappa shape index (κ3) is 8.43. The summed E-state index contributed by atoms with van der Waals surface area (Å²) in [5.74, 6) is -3.46. The topological polar surface area (TPSA) is 136 Å². The van der Waals surface area contributed by atoms with E-state index in [1.165, 1.54) is 0 Å². The second kappa shape index (κ2) is 14.1. The van der Waals surface area contributed by atoms with Gasteiger partial charge in [-0.3, -0.25) is 9.59 Å². The Morgan fingerprint density at radius 2 is 1.26 bits per heavy atom. The molecular weight excluding hydrogens is 580 g/mol. The van der Waals surface area contributed by atoms with Crippen molar-refractivity contribution in [2.24, 2.45) is 0 Å². The van der Waals surface area contributed by atoms with Gasteiger partial charge in [-0.15, -0.1) is 0 Å². The van der Waals surface area contributed by atoms with E-state index in [1.807, 2.05) is 0 Å². The number of rotatable bonds is 13. The molecule has 2 atom stereocenters. The third-order valence-corrected chi connectivity index (χ3v) is 9.01. The summed E-state index contributed by atoms with van der Waals surface area (Å²) in [7, 11) is -3.02. The maximum atomic E-state index is 13.4. The molecule has 0 radical (unpaired) electrons. The van der Waals surface area contributed by atoms with E-state index in [0.29, 0.717) is 27.5 Å². The number of amides is 2. The smallest absolute Gasteiger partial charge is 0.341 e. The van der Waals surface area contributed by atoms with Gasteiger partial charge in [-0.05, 0) is 27.5 Å². The standard InChI is InChI=1S/C30H30N2O8S2/c1-42(37,38)41-20-24-26(31-25(33)17-21-11-5-2-6-12-21)28(34)32(24)27(29(35)39-18-22-13-7-3-8-14-22)30(36)40-19-23-15-9-4-10-16-23/h2-16,24,26-27H,17-20H2,1H3,(H,31,33)/t24-,26+/m1/s1. The molecule has 42 heavy (non-hydrogen) atoms. The van der Waals surface area contributed by atoms with Crippen LogP contribution in [0.25, 0.3) is 0 Å². The van der Waals surface area contributed by atoms with E-state index in [-0.39, 0.29) is 25.4 Å². The number of carbonyl (C=O) groups is 4. The van der Waals surface area contributed by atoms with Crippen molar-refractivity contribution < 1.29 is 37.1 Å². The van der Waals surface area contributed by atoms with Crippen molar-refractivity contribution in [1.82, 2.24) is 10.2 Å². The number of nitrogens with one attached hydrogen (secondary N) is 1. The molecule has 220 valence electrons. The van der Waals surface area contributed by atoms with Crippen LogP contribution in [0.1, 0.15) is 16.7 Å². The average molecular weight is 611 g/mol. The molecule has 0 saturated carbocycles. The first-order chi connectivity index (χ1) is 20.1. The van der Waals surface area contributed by atoms with E-state index < -0.39 is 50.7 Å². The van der Waals surface area contributed by atoms with Gasteiger partial charge in [-0.1, -0.05) is 91.0 Å². The van der Waals surface area contributed by atoms with Crippen molar-refractivity contribution in [3.05, 3.63) is 108 Å². The van der Waals surface area contributed by atoms with Gasteiger partial charge in [-0.2, -0.15) is 0 Å². The number of likely N-dealkylation sites (tertiary alicyclic amines) is 1. The third-order valence-electron chi connectivity index (χ3n) is 6.41. The van der Waals surface area contributed by atoms with Gasteiger partial charge >= 0.3 is 11.9 Å². The monoisotopic (exact) mass is 610 g/mol. The molecule has 1 heterocycles. The summed E-state index contributed by atoms with van der Waals surface area (Å²) in [6.45, 7) is -0.325. The van der Waals surface area contributed by atoms with Gasteiger partial charge in [0.2, 0.25) is 17.9 Å². The number of hydrogen-bond donors (Lipinski definition) is 1. The lowest BCUT2D eigenvalue weighted by Gasteiger charge is -2.48. The van der Waals surface area contributed by atoms with E-state index in [4.69, 9.17) is 9.47 Å². The Labute approximate surface area is 247 Å². The Morgan fingerprint density at radius 3 is 1.71 bits per heavy atom. The Balaban J connectivity index is 1.55. The molecule has 0 spiro atoms. The van der Waals surface area contributed by atoms with Gasteiger partial charge in [0.25, 0.3) is 0 Å². The second-order valence-electron chi connectivity index (χ2n) is 9.60. The zero-order valence-electron chi connectivity index (χ0n) is 22.8. The van der Waals surface area contributed by atoms with Crippen LogP contribution in [0.4, 0.5) is 0 Å². The van der Waals surface area contributed by atoms with E-state index in [9.17, 15) is 27.6 Å². The first-order valence-corrected chi connectivity index (χ1v) is 16.4. The average Bonchev–Trinajstić information content (AvgIpc) is 2.98. The molecule has 0 aromatic heterocycles. The predicted octanol–water partition coefficient (Wildman–Crippen LogP) is 2.47. The molecule has 3 aromatic carbocycles. The quantitative estimate of drug-likeness (QED) is 0.134. The van der Waals surface area contributed by atoms with E-state index >= 15 is 0 Å². The second-order valence-corrected chi connectivity index (χ2v) is 14.1. The lowest BCUT2D eigenvalue weighted by molar-refractivity contribution is -0.179. The van der Waals surface area contributed by atoms with E-state index in [2.05, 4.69) is 5.32 Å². The highest BCUT2D eigenvalue weighted by Gasteiger charge is 2.56. The van der Waals surface area contributed by atoms with Crippen LogP contribution in [0.2, 0.25) is 0 Å². The fourth-order valence-electron chi connectivity index (χ4n) is 4.36. The Morgan fingerprint density at radius 1 is 0.810 bits per heavy atom. The van der Waals surface area contributed by atoms with Crippen LogP contribution in [-0.2, 0) is 57.2 Å². The summed E-state index contributed by atoms with van der Waals surface area (Å²) >= 11 is 0. The zero-order chi connectivity index (χ0) is 30.1. The number of β-lactam (4-membered cyclic amide) rings is 1. The highest BCUT2D eigenvalue weighted by Crippen LogP contribution is 2.30. The van der Waals surface area contributed by atoms with Crippen molar-refractivity contribution >= 4 is 43.4 Å². The number of carbonyl (C=O) groups excluding carboxylic acids is 4. The van der Waals surface area contributed by atoms with Crippen molar-refractivity contribution in [2.45, 2.75) is 37.8 Å². The van der Waals surface area contributed by atoms with Crippen molar-refractivity contribution in [3.8, 4) is 0 Å². The first kappa shape index (κ1) is 30.8. The molecule has 1 aliphatic heterocycles. The van der Waals surface area contributed by atoms with Crippen molar-refractivity contribution in [1.29, 1.82) is 0 Å². The van der Waals surface area contributed by atoms with Gasteiger partial charge < -0.3 is 19.7 Å². The number of nitrogens with zero attached hydrogens (tertiary/aromatic N) is 1.